The van der Waals surface area contributed by atoms with Crippen LogP contribution >= 0.6 is 0 Å². The molecule has 22 heavy (non-hydrogen) atoms. The van der Waals surface area contributed by atoms with E-state index in [1.54, 1.807) is 0 Å². The summed E-state index contributed by atoms with van der Waals surface area (Å²) in [4.78, 5) is 48.9. The van der Waals surface area contributed by atoms with Gasteiger partial charge in [0, 0.05) is 0 Å². The van der Waals surface area contributed by atoms with E-state index >= 15 is 0 Å². The van der Waals surface area contributed by atoms with Crippen molar-refractivity contribution in [1.29, 1.82) is 0 Å². The summed E-state index contributed by atoms with van der Waals surface area (Å²) in [7, 11) is 0. The van der Waals surface area contributed by atoms with E-state index < -0.39 is 59.6 Å². The van der Waals surface area contributed by atoms with E-state index in [0.717, 1.165) is 0 Å². The van der Waals surface area contributed by atoms with Crippen molar-refractivity contribution in [3.05, 3.63) is 40.5 Å². The highest BCUT2D eigenvalue weighted by molar-refractivity contribution is 4.50. The van der Waals surface area contributed by atoms with Crippen LogP contribution in [-0.2, 0) is 9.68 Å². The van der Waals surface area contributed by atoms with Crippen molar-refractivity contribution in [2.45, 2.75) is 0 Å². The molecule has 0 unspecified atom stereocenters. The van der Waals surface area contributed by atoms with Gasteiger partial charge in [0.2, 0.25) is 0 Å². The van der Waals surface area contributed by atoms with Crippen molar-refractivity contribution in [2.24, 2.45) is 0 Å². The molecule has 126 valence electrons. The minimum Gasteiger partial charge on any atom is -0.312 e. The molecule has 0 aliphatic carbocycles. The second-order valence-electron chi connectivity index (χ2n) is 3.50. The molecule has 0 saturated heterocycles. The van der Waals surface area contributed by atoms with Gasteiger partial charge in [-0.05, 0) is 0 Å². The fourth-order valence-corrected chi connectivity index (χ4v) is 1.22. The molecule has 0 aromatic carbocycles. The summed E-state index contributed by atoms with van der Waals surface area (Å²) >= 11 is 0. The second kappa shape index (κ2) is 9.66. The summed E-state index contributed by atoms with van der Waals surface area (Å²) < 4.78 is 0. The van der Waals surface area contributed by atoms with Crippen LogP contribution in [0.1, 0.15) is 0 Å². The normalized spacial score (nSPS) is 9.64. The topological polar surface area (TPSA) is 198 Å². The van der Waals surface area contributed by atoms with Crippen molar-refractivity contribution in [3.63, 3.8) is 0 Å². The molecule has 16 nitrogen and oxygen atoms in total. The number of hydrogen-bond donors (Lipinski definition) is 0. The predicted octanol–water partition coefficient (Wildman–Crippen LogP) is -1.61. The molecular weight excluding hydrogens is 316 g/mol. The van der Waals surface area contributed by atoms with Gasteiger partial charge in [-0.15, -0.1) is 30.2 Å². The second-order valence-corrected chi connectivity index (χ2v) is 3.50. The van der Waals surface area contributed by atoms with Gasteiger partial charge >= 0.3 is 0 Å². The van der Waals surface area contributed by atoms with E-state index in [1.807, 2.05) is 0 Å². The van der Waals surface area contributed by atoms with Gasteiger partial charge in [-0.3, -0.25) is 0 Å². The molecule has 0 bridgehead atoms. The van der Waals surface area contributed by atoms with Crippen LogP contribution in [0.25, 0.3) is 0 Å². The quantitative estimate of drug-likeness (QED) is 0.277. The highest BCUT2D eigenvalue weighted by Gasteiger charge is 2.21. The molecule has 0 aromatic heterocycles. The zero-order valence-corrected chi connectivity index (χ0v) is 11.0. The Morgan fingerprint density at radius 2 is 0.955 bits per heavy atom. The number of rotatable bonds is 13. The Hall–Kier alpha value is -3.20. The SMILES string of the molecule is O=[N+]([O-])OCCN(CCN(CCO[N+](=O)[O-])[N+](=O)[O-])[N+](=O)[O-]. The molecule has 0 amide bonds. The van der Waals surface area contributed by atoms with E-state index in [9.17, 15) is 40.5 Å². The molecule has 0 atom stereocenters. The fourth-order valence-electron chi connectivity index (χ4n) is 1.22. The highest BCUT2D eigenvalue weighted by Crippen LogP contribution is 1.95. The van der Waals surface area contributed by atoms with Crippen LogP contribution in [0.5, 0.6) is 0 Å². The summed E-state index contributed by atoms with van der Waals surface area (Å²) in [6, 6.07) is 0. The van der Waals surface area contributed by atoms with Gasteiger partial charge in [-0.25, -0.2) is 20.2 Å². The molecular formula is C6H12N6O10. The lowest BCUT2D eigenvalue weighted by Gasteiger charge is -2.17. The molecule has 16 heteroatoms. The van der Waals surface area contributed by atoms with Crippen LogP contribution in [0.3, 0.4) is 0 Å². The molecule has 0 aromatic rings. The van der Waals surface area contributed by atoms with Gasteiger partial charge in [0.25, 0.3) is 10.2 Å². The summed E-state index contributed by atoms with van der Waals surface area (Å²) in [5.74, 6) is 0. The standard InChI is InChI=1S/C6H12N6O10/c13-9(14)7(3-5-21-11(17)18)1-2-8(10(15)16)4-6-22-12(19)20/h1-6H2. The third kappa shape index (κ3) is 8.82. The van der Waals surface area contributed by atoms with Gasteiger partial charge in [-0.2, -0.15) is 0 Å². The molecule has 0 radical (unpaired) electrons. The maximum Gasteiger partial charge on any atom is 0.294 e. The van der Waals surface area contributed by atoms with Crippen LogP contribution < -0.4 is 0 Å². The Balaban J connectivity index is 4.31. The van der Waals surface area contributed by atoms with Gasteiger partial charge < -0.3 is 9.68 Å². The zero-order chi connectivity index (χ0) is 17.1. The molecule has 0 aliphatic heterocycles. The number of hydrogen-bond acceptors (Lipinski definition) is 10. The Kier molecular flexibility index (Phi) is 8.26. The first-order valence-electron chi connectivity index (χ1n) is 5.57. The highest BCUT2D eigenvalue weighted by atomic mass is 17.0. The minimum atomic E-state index is -1.13. The van der Waals surface area contributed by atoms with E-state index in [1.165, 1.54) is 0 Å². The minimum absolute atomic E-state index is 0.451. The molecule has 0 spiro atoms. The first-order chi connectivity index (χ1) is 10.2. The smallest absolute Gasteiger partial charge is 0.294 e. The van der Waals surface area contributed by atoms with E-state index in [2.05, 4.69) is 9.68 Å². The van der Waals surface area contributed by atoms with Crippen LogP contribution in [0.15, 0.2) is 0 Å². The summed E-state index contributed by atoms with van der Waals surface area (Å²) in [5, 5.41) is 38.1. The van der Waals surface area contributed by atoms with Crippen molar-refractivity contribution in [2.75, 3.05) is 39.4 Å². The Labute approximate surface area is 121 Å². The van der Waals surface area contributed by atoms with E-state index in [-0.39, 0.29) is 0 Å². The lowest BCUT2D eigenvalue weighted by atomic mass is 10.5. The first kappa shape index (κ1) is 18.8. The van der Waals surface area contributed by atoms with Gasteiger partial charge in [0.05, 0.1) is 0 Å². The van der Waals surface area contributed by atoms with Crippen molar-refractivity contribution >= 4 is 0 Å². The third-order valence-corrected chi connectivity index (χ3v) is 2.17. The van der Waals surface area contributed by atoms with Crippen molar-refractivity contribution in [3.8, 4) is 0 Å². The average Bonchev–Trinajstić information content (AvgIpc) is 2.38. The molecule has 0 saturated carbocycles. The van der Waals surface area contributed by atoms with Crippen LogP contribution in [0.4, 0.5) is 0 Å². The third-order valence-electron chi connectivity index (χ3n) is 2.17. The Bertz CT molecular complexity index is 379. The monoisotopic (exact) mass is 328 g/mol. The molecule has 0 heterocycles. The molecule has 0 fully saturated rings. The van der Waals surface area contributed by atoms with Crippen LogP contribution in [0.2, 0.25) is 0 Å². The maximum absolute atomic E-state index is 10.7. The lowest BCUT2D eigenvalue weighted by Crippen LogP contribution is -2.43. The first-order valence-corrected chi connectivity index (χ1v) is 5.57. The molecule has 0 rings (SSSR count). The van der Waals surface area contributed by atoms with Gasteiger partial charge in [0.15, 0.2) is 10.1 Å². The van der Waals surface area contributed by atoms with Crippen LogP contribution in [0, 0.1) is 40.5 Å². The molecule has 0 aliphatic rings. The zero-order valence-electron chi connectivity index (χ0n) is 11.0. The van der Waals surface area contributed by atoms with E-state index in [0.29, 0.717) is 10.0 Å². The Morgan fingerprint density at radius 1 is 0.636 bits per heavy atom. The summed E-state index contributed by atoms with van der Waals surface area (Å²) in [6.07, 6.45) is 0. The van der Waals surface area contributed by atoms with Gasteiger partial charge in [-0.1, -0.05) is 0 Å². The summed E-state index contributed by atoms with van der Waals surface area (Å²) in [5.41, 5.74) is 0. The van der Waals surface area contributed by atoms with E-state index in [4.69, 9.17) is 0 Å². The summed E-state index contributed by atoms with van der Waals surface area (Å²) in [6.45, 7) is -3.01. The van der Waals surface area contributed by atoms with Crippen LogP contribution in [-0.4, -0.2) is 69.6 Å². The fraction of sp³-hybridized carbons (Fsp3) is 1.00. The predicted molar refractivity (Wildman–Crippen MR) is 63.0 cm³/mol. The number of nitrogens with zero attached hydrogens (tertiary/aromatic N) is 6. The number of hydrazine groups is 2. The molecule has 0 N–H and O–H groups in total. The van der Waals surface area contributed by atoms with Crippen molar-refractivity contribution in [1.82, 2.24) is 10.0 Å². The van der Waals surface area contributed by atoms with Crippen molar-refractivity contribution < 1.29 is 29.9 Å². The average molecular weight is 328 g/mol. The lowest BCUT2D eigenvalue weighted by molar-refractivity contribution is -0.761. The largest absolute Gasteiger partial charge is 0.312 e. The number of nitro groups is 2. The maximum atomic E-state index is 10.7. The Morgan fingerprint density at radius 3 is 1.18 bits per heavy atom. The van der Waals surface area contributed by atoms with Gasteiger partial charge in [0.1, 0.15) is 39.4 Å².